The molecule has 1 aliphatic rings. The van der Waals surface area contributed by atoms with Gasteiger partial charge in [0.1, 0.15) is 19.3 Å². The quantitative estimate of drug-likeness (QED) is 0.802. The fourth-order valence-corrected chi connectivity index (χ4v) is 3.35. The van der Waals surface area contributed by atoms with Gasteiger partial charge in [-0.2, -0.15) is 0 Å². The van der Waals surface area contributed by atoms with E-state index in [2.05, 4.69) is 10.3 Å². The van der Waals surface area contributed by atoms with E-state index in [0.29, 0.717) is 24.1 Å². The molecule has 0 bridgehead atoms. The fourth-order valence-electron chi connectivity index (χ4n) is 2.47. The number of benzene rings is 1. The molecule has 6 nitrogen and oxygen atoms in total. The number of carbonyl (C=O) groups is 1. The normalized spacial score (nSPS) is 14.7. The Kier molecular flexibility index (Phi) is 3.42. The van der Waals surface area contributed by atoms with Crippen LogP contribution in [0.2, 0.25) is 0 Å². The zero-order valence-corrected chi connectivity index (χ0v) is 13.3. The Bertz CT molecular complexity index is 814. The molecule has 1 N–H and O–H groups in total. The van der Waals surface area contributed by atoms with Crippen LogP contribution in [-0.2, 0) is 4.79 Å². The zero-order chi connectivity index (χ0) is 15.8. The Labute approximate surface area is 136 Å². The molecule has 3 aromatic rings. The van der Waals surface area contributed by atoms with E-state index in [0.717, 1.165) is 16.0 Å². The van der Waals surface area contributed by atoms with Crippen LogP contribution >= 0.6 is 11.3 Å². The molecule has 0 spiro atoms. The van der Waals surface area contributed by atoms with Crippen LogP contribution < -0.4 is 14.8 Å². The number of thiazole rings is 1. The van der Waals surface area contributed by atoms with Crippen molar-refractivity contribution < 1.29 is 14.3 Å². The van der Waals surface area contributed by atoms with Gasteiger partial charge >= 0.3 is 0 Å². The van der Waals surface area contributed by atoms with E-state index in [1.165, 1.54) is 11.3 Å². The van der Waals surface area contributed by atoms with Crippen LogP contribution in [0.4, 0.5) is 5.13 Å². The van der Waals surface area contributed by atoms with Gasteiger partial charge in [-0.3, -0.25) is 4.79 Å². The summed E-state index contributed by atoms with van der Waals surface area (Å²) < 4.78 is 13.9. The van der Waals surface area contributed by atoms with E-state index in [1.807, 2.05) is 48.1 Å². The highest BCUT2D eigenvalue weighted by atomic mass is 32.1. The lowest BCUT2D eigenvalue weighted by Crippen LogP contribution is -2.22. The monoisotopic (exact) mass is 329 g/mol. The summed E-state index contributed by atoms with van der Waals surface area (Å²) in [7, 11) is 0. The second-order valence-electron chi connectivity index (χ2n) is 5.28. The van der Waals surface area contributed by atoms with Gasteiger partial charge in [-0.1, -0.05) is 11.3 Å². The Morgan fingerprint density at radius 3 is 2.70 bits per heavy atom. The molecule has 1 unspecified atom stereocenters. The van der Waals surface area contributed by atoms with Crippen molar-refractivity contribution >= 4 is 32.6 Å². The summed E-state index contributed by atoms with van der Waals surface area (Å²) in [6.45, 7) is 2.94. The van der Waals surface area contributed by atoms with Crippen molar-refractivity contribution in [2.24, 2.45) is 0 Å². The molecule has 118 valence electrons. The minimum absolute atomic E-state index is 0.0995. The van der Waals surface area contributed by atoms with E-state index >= 15 is 0 Å². The molecule has 1 aromatic carbocycles. The van der Waals surface area contributed by atoms with Gasteiger partial charge in [0.05, 0.1) is 10.2 Å². The molecule has 3 heterocycles. The number of ether oxygens (including phenoxy) is 2. The van der Waals surface area contributed by atoms with Gasteiger partial charge in [0.15, 0.2) is 16.6 Å². The van der Waals surface area contributed by atoms with Gasteiger partial charge in [0, 0.05) is 24.5 Å². The van der Waals surface area contributed by atoms with Gasteiger partial charge in [-0.05, 0) is 19.1 Å². The maximum Gasteiger partial charge on any atom is 0.248 e. The standard InChI is InChI=1S/C16H15N3O3S/c1-10(19-4-2-3-5-19)15(20)18-16-17-11-8-12-13(9-14(11)23-16)22-7-6-21-12/h2-5,8-10H,6-7H2,1H3,(H,17,18,20). The number of carbonyl (C=O) groups excluding carboxylic acids is 1. The van der Waals surface area contributed by atoms with Crippen LogP contribution in [-0.4, -0.2) is 28.7 Å². The van der Waals surface area contributed by atoms with E-state index in [1.54, 1.807) is 0 Å². The van der Waals surface area contributed by atoms with Gasteiger partial charge < -0.3 is 19.4 Å². The largest absolute Gasteiger partial charge is 0.486 e. The van der Waals surface area contributed by atoms with Crippen LogP contribution in [0.1, 0.15) is 13.0 Å². The number of nitrogens with zero attached hydrogens (tertiary/aromatic N) is 2. The average molecular weight is 329 g/mol. The molecule has 0 saturated carbocycles. The summed E-state index contributed by atoms with van der Waals surface area (Å²) in [6, 6.07) is 7.26. The van der Waals surface area contributed by atoms with Gasteiger partial charge in [-0.25, -0.2) is 4.98 Å². The minimum atomic E-state index is -0.295. The lowest BCUT2D eigenvalue weighted by molar-refractivity contribution is -0.118. The maximum absolute atomic E-state index is 12.3. The number of hydrogen-bond acceptors (Lipinski definition) is 5. The van der Waals surface area contributed by atoms with Gasteiger partial charge in [0.2, 0.25) is 5.91 Å². The van der Waals surface area contributed by atoms with Crippen LogP contribution in [0, 0.1) is 0 Å². The topological polar surface area (TPSA) is 65.4 Å². The molecule has 0 saturated heterocycles. The van der Waals surface area contributed by atoms with E-state index in [4.69, 9.17) is 9.47 Å². The smallest absolute Gasteiger partial charge is 0.248 e. The maximum atomic E-state index is 12.3. The Balaban J connectivity index is 1.58. The van der Waals surface area contributed by atoms with Crippen molar-refractivity contribution in [2.75, 3.05) is 18.5 Å². The molecule has 23 heavy (non-hydrogen) atoms. The molecule has 0 aliphatic carbocycles. The van der Waals surface area contributed by atoms with Crippen molar-refractivity contribution in [3.63, 3.8) is 0 Å². The van der Waals surface area contributed by atoms with Crippen molar-refractivity contribution in [3.8, 4) is 11.5 Å². The van der Waals surface area contributed by atoms with Crippen LogP contribution in [0.15, 0.2) is 36.7 Å². The summed E-state index contributed by atoms with van der Waals surface area (Å²) in [5.74, 6) is 1.33. The number of anilines is 1. The van der Waals surface area contributed by atoms with Crippen LogP contribution in [0.5, 0.6) is 11.5 Å². The lowest BCUT2D eigenvalue weighted by atomic mass is 10.3. The highest BCUT2D eigenvalue weighted by Gasteiger charge is 2.18. The molecule has 1 atom stereocenters. The summed E-state index contributed by atoms with van der Waals surface area (Å²) in [6.07, 6.45) is 3.73. The molecule has 0 radical (unpaired) electrons. The lowest BCUT2D eigenvalue weighted by Gasteiger charge is -2.17. The van der Waals surface area contributed by atoms with Gasteiger partial charge in [-0.15, -0.1) is 0 Å². The number of fused-ring (bicyclic) bond motifs is 2. The SMILES string of the molecule is CC(C(=O)Nc1nc2cc3c(cc2s1)OCCO3)n1cccc1. The highest BCUT2D eigenvalue weighted by Crippen LogP contribution is 2.37. The third-order valence-corrected chi connectivity index (χ3v) is 4.67. The number of nitrogens with one attached hydrogen (secondary N) is 1. The molecule has 0 fully saturated rings. The highest BCUT2D eigenvalue weighted by molar-refractivity contribution is 7.22. The molecular weight excluding hydrogens is 314 g/mol. The Morgan fingerprint density at radius 1 is 1.26 bits per heavy atom. The second-order valence-corrected chi connectivity index (χ2v) is 6.31. The summed E-state index contributed by atoms with van der Waals surface area (Å²) in [5.41, 5.74) is 0.795. The van der Waals surface area contributed by atoms with Crippen molar-refractivity contribution in [2.45, 2.75) is 13.0 Å². The van der Waals surface area contributed by atoms with Crippen LogP contribution in [0.3, 0.4) is 0 Å². The fraction of sp³-hybridized carbons (Fsp3) is 0.250. The van der Waals surface area contributed by atoms with E-state index in [-0.39, 0.29) is 11.9 Å². The zero-order valence-electron chi connectivity index (χ0n) is 12.5. The number of hydrogen-bond donors (Lipinski definition) is 1. The Morgan fingerprint density at radius 2 is 1.96 bits per heavy atom. The number of rotatable bonds is 3. The van der Waals surface area contributed by atoms with E-state index < -0.39 is 0 Å². The third-order valence-electron chi connectivity index (χ3n) is 3.74. The molecule has 1 amide bonds. The van der Waals surface area contributed by atoms with Crippen molar-refractivity contribution in [1.29, 1.82) is 0 Å². The minimum Gasteiger partial charge on any atom is -0.486 e. The van der Waals surface area contributed by atoms with Crippen molar-refractivity contribution in [3.05, 3.63) is 36.7 Å². The predicted octanol–water partition coefficient (Wildman–Crippen LogP) is 3.07. The molecule has 7 heteroatoms. The first kappa shape index (κ1) is 14.1. The molecular formula is C16H15N3O3S. The van der Waals surface area contributed by atoms with Crippen molar-refractivity contribution in [1.82, 2.24) is 9.55 Å². The summed E-state index contributed by atoms with van der Waals surface area (Å²) in [4.78, 5) is 16.8. The predicted molar refractivity (Wildman–Crippen MR) is 88.4 cm³/mol. The van der Waals surface area contributed by atoms with E-state index in [9.17, 15) is 4.79 Å². The first-order valence-corrected chi connectivity index (χ1v) is 8.16. The second kappa shape index (κ2) is 5.58. The van der Waals surface area contributed by atoms with Crippen LogP contribution in [0.25, 0.3) is 10.2 Å². The summed E-state index contributed by atoms with van der Waals surface area (Å²) in [5, 5.41) is 3.45. The summed E-state index contributed by atoms with van der Waals surface area (Å²) >= 11 is 1.43. The first-order valence-electron chi connectivity index (χ1n) is 7.34. The first-order chi connectivity index (χ1) is 11.2. The molecule has 4 rings (SSSR count). The van der Waals surface area contributed by atoms with Gasteiger partial charge in [0.25, 0.3) is 0 Å². The average Bonchev–Trinajstić information content (AvgIpc) is 3.20. The molecule has 2 aromatic heterocycles. The Hall–Kier alpha value is -2.54. The number of amides is 1. The molecule has 1 aliphatic heterocycles. The third kappa shape index (κ3) is 2.63. The number of aromatic nitrogens is 2.